The Labute approximate surface area is 114 Å². The van der Waals surface area contributed by atoms with Crippen LogP contribution in [0.5, 0.6) is 0 Å². The zero-order valence-corrected chi connectivity index (χ0v) is 11.3. The van der Waals surface area contributed by atoms with E-state index in [4.69, 9.17) is 17.3 Å². The van der Waals surface area contributed by atoms with Crippen molar-refractivity contribution in [2.75, 3.05) is 6.54 Å². The quantitative estimate of drug-likeness (QED) is 0.908. The van der Waals surface area contributed by atoms with Crippen LogP contribution in [0.4, 0.5) is 0 Å². The number of ketones is 1. The molecule has 0 atom stereocenters. The fourth-order valence-electron chi connectivity index (χ4n) is 2.69. The van der Waals surface area contributed by atoms with Gasteiger partial charge >= 0.3 is 0 Å². The van der Waals surface area contributed by atoms with Gasteiger partial charge in [0.25, 0.3) is 0 Å². The van der Waals surface area contributed by atoms with Gasteiger partial charge in [-0.25, -0.2) is 0 Å². The van der Waals surface area contributed by atoms with Gasteiger partial charge in [-0.2, -0.15) is 0 Å². The molecule has 0 radical (unpaired) electrons. The van der Waals surface area contributed by atoms with Crippen LogP contribution in [0.3, 0.4) is 0 Å². The van der Waals surface area contributed by atoms with Gasteiger partial charge in [-0.15, -0.1) is 0 Å². The molecule has 2 nitrogen and oxygen atoms in total. The topological polar surface area (TPSA) is 43.1 Å². The van der Waals surface area contributed by atoms with E-state index in [-0.39, 0.29) is 5.92 Å². The predicted octanol–water partition coefficient (Wildman–Crippen LogP) is 3.22. The smallest absolute Gasteiger partial charge is 0.140 e. The summed E-state index contributed by atoms with van der Waals surface area (Å²) in [7, 11) is 0. The van der Waals surface area contributed by atoms with E-state index < -0.39 is 0 Å². The molecule has 0 unspecified atom stereocenters. The van der Waals surface area contributed by atoms with Crippen molar-refractivity contribution in [3.8, 4) is 0 Å². The minimum absolute atomic E-state index is 0.212. The summed E-state index contributed by atoms with van der Waals surface area (Å²) >= 11 is 6.08. The van der Waals surface area contributed by atoms with Gasteiger partial charge in [0, 0.05) is 17.4 Å². The van der Waals surface area contributed by atoms with E-state index in [1.807, 2.05) is 24.3 Å². The highest BCUT2D eigenvalue weighted by Gasteiger charge is 2.25. The minimum Gasteiger partial charge on any atom is -0.330 e. The van der Waals surface area contributed by atoms with Gasteiger partial charge in [0.15, 0.2) is 0 Å². The Morgan fingerprint density at radius 2 is 1.89 bits per heavy atom. The average Bonchev–Trinajstić information content (AvgIpc) is 2.41. The second-order valence-electron chi connectivity index (χ2n) is 5.19. The normalized spacial score (nSPS) is 23.9. The molecule has 98 valence electrons. The van der Waals surface area contributed by atoms with Crippen LogP contribution >= 0.6 is 11.6 Å². The van der Waals surface area contributed by atoms with Crippen molar-refractivity contribution in [3.63, 3.8) is 0 Å². The molecular weight excluding hydrogens is 246 g/mol. The standard InChI is InChI=1S/C15H20ClNO/c16-14-4-2-1-3-13(14)9-15(18)12-7-5-11(10-17)6-8-12/h1-4,11-12H,5-10,17H2. The van der Waals surface area contributed by atoms with Gasteiger partial charge in [-0.1, -0.05) is 29.8 Å². The van der Waals surface area contributed by atoms with Crippen molar-refractivity contribution in [2.24, 2.45) is 17.6 Å². The van der Waals surface area contributed by atoms with Crippen molar-refractivity contribution in [1.82, 2.24) is 0 Å². The van der Waals surface area contributed by atoms with E-state index in [1.165, 1.54) is 0 Å². The van der Waals surface area contributed by atoms with Gasteiger partial charge in [0.2, 0.25) is 0 Å². The molecule has 1 aliphatic rings. The van der Waals surface area contributed by atoms with Crippen molar-refractivity contribution in [3.05, 3.63) is 34.9 Å². The van der Waals surface area contributed by atoms with Crippen molar-refractivity contribution < 1.29 is 4.79 Å². The molecule has 1 aromatic rings. The van der Waals surface area contributed by atoms with Crippen molar-refractivity contribution >= 4 is 17.4 Å². The lowest BCUT2D eigenvalue weighted by Gasteiger charge is -2.26. The maximum Gasteiger partial charge on any atom is 0.140 e. The molecule has 1 aromatic carbocycles. The first kappa shape index (κ1) is 13.6. The van der Waals surface area contributed by atoms with Gasteiger partial charge < -0.3 is 5.73 Å². The highest BCUT2D eigenvalue weighted by atomic mass is 35.5. The molecule has 0 heterocycles. The number of hydrogen-bond donors (Lipinski definition) is 1. The van der Waals surface area contributed by atoms with Crippen LogP contribution in [-0.4, -0.2) is 12.3 Å². The molecular formula is C15H20ClNO. The molecule has 0 spiro atoms. The Balaban J connectivity index is 1.91. The molecule has 0 amide bonds. The van der Waals surface area contributed by atoms with E-state index >= 15 is 0 Å². The minimum atomic E-state index is 0.212. The lowest BCUT2D eigenvalue weighted by atomic mass is 9.79. The lowest BCUT2D eigenvalue weighted by Crippen LogP contribution is -2.26. The second kappa shape index (κ2) is 6.35. The van der Waals surface area contributed by atoms with Gasteiger partial charge in [0.05, 0.1) is 0 Å². The molecule has 3 heteroatoms. The summed E-state index contributed by atoms with van der Waals surface area (Å²) in [4.78, 5) is 12.2. The molecule has 18 heavy (non-hydrogen) atoms. The number of carbonyl (C=O) groups is 1. The molecule has 0 aliphatic heterocycles. The van der Waals surface area contributed by atoms with Crippen molar-refractivity contribution in [1.29, 1.82) is 0 Å². The number of benzene rings is 1. The predicted molar refractivity (Wildman–Crippen MR) is 74.7 cm³/mol. The maximum absolute atomic E-state index is 12.2. The third-order valence-electron chi connectivity index (χ3n) is 3.96. The Morgan fingerprint density at radius 3 is 2.50 bits per heavy atom. The van der Waals surface area contributed by atoms with Crippen LogP contribution in [0.15, 0.2) is 24.3 Å². The van der Waals surface area contributed by atoms with Crippen LogP contribution < -0.4 is 5.73 Å². The van der Waals surface area contributed by atoms with E-state index in [0.29, 0.717) is 23.1 Å². The summed E-state index contributed by atoms with van der Waals surface area (Å²) in [6.45, 7) is 0.755. The molecule has 0 saturated heterocycles. The van der Waals surface area contributed by atoms with Crippen LogP contribution in [0, 0.1) is 11.8 Å². The molecule has 0 aromatic heterocycles. The van der Waals surface area contributed by atoms with E-state index in [0.717, 1.165) is 37.8 Å². The first-order valence-electron chi connectivity index (χ1n) is 6.67. The van der Waals surface area contributed by atoms with Crippen LogP contribution in [-0.2, 0) is 11.2 Å². The zero-order valence-electron chi connectivity index (χ0n) is 10.6. The number of Topliss-reactive ketones (excluding diaryl/α,β-unsaturated/α-hetero) is 1. The lowest BCUT2D eigenvalue weighted by molar-refractivity contribution is -0.123. The first-order chi connectivity index (χ1) is 8.70. The Kier molecular flexibility index (Phi) is 4.79. The molecule has 0 bridgehead atoms. The molecule has 1 saturated carbocycles. The van der Waals surface area contributed by atoms with Crippen LogP contribution in [0.25, 0.3) is 0 Å². The van der Waals surface area contributed by atoms with Gasteiger partial charge in [-0.3, -0.25) is 4.79 Å². The number of halogens is 1. The summed E-state index contributed by atoms with van der Waals surface area (Å²) in [6, 6.07) is 7.60. The molecule has 1 fully saturated rings. The fourth-order valence-corrected chi connectivity index (χ4v) is 2.90. The molecule has 2 rings (SSSR count). The number of hydrogen-bond acceptors (Lipinski definition) is 2. The summed E-state index contributed by atoms with van der Waals surface area (Å²) in [5, 5.41) is 0.696. The molecule has 2 N–H and O–H groups in total. The van der Waals surface area contributed by atoms with Crippen molar-refractivity contribution in [2.45, 2.75) is 32.1 Å². The van der Waals surface area contributed by atoms with Crippen LogP contribution in [0.1, 0.15) is 31.2 Å². The first-order valence-corrected chi connectivity index (χ1v) is 7.04. The molecule has 1 aliphatic carbocycles. The number of carbonyl (C=O) groups excluding carboxylic acids is 1. The van der Waals surface area contributed by atoms with Gasteiger partial charge in [-0.05, 0) is 49.8 Å². The third kappa shape index (κ3) is 3.33. The van der Waals surface area contributed by atoms with Gasteiger partial charge in [0.1, 0.15) is 5.78 Å². The largest absolute Gasteiger partial charge is 0.330 e. The number of nitrogens with two attached hydrogens (primary N) is 1. The second-order valence-corrected chi connectivity index (χ2v) is 5.60. The van der Waals surface area contributed by atoms with E-state index in [1.54, 1.807) is 0 Å². The fraction of sp³-hybridized carbons (Fsp3) is 0.533. The Morgan fingerprint density at radius 1 is 1.22 bits per heavy atom. The summed E-state index contributed by atoms with van der Waals surface area (Å²) in [5.74, 6) is 1.16. The maximum atomic E-state index is 12.2. The number of rotatable bonds is 4. The average molecular weight is 266 g/mol. The van der Waals surface area contributed by atoms with E-state index in [9.17, 15) is 4.79 Å². The Bertz CT molecular complexity index is 411. The SMILES string of the molecule is NCC1CCC(C(=O)Cc2ccccc2Cl)CC1. The monoisotopic (exact) mass is 265 g/mol. The highest BCUT2D eigenvalue weighted by Crippen LogP contribution is 2.30. The summed E-state index contributed by atoms with van der Waals surface area (Å²) < 4.78 is 0. The van der Waals surface area contributed by atoms with E-state index in [2.05, 4.69) is 0 Å². The summed E-state index contributed by atoms with van der Waals surface area (Å²) in [5.41, 5.74) is 6.62. The van der Waals surface area contributed by atoms with Crippen LogP contribution in [0.2, 0.25) is 5.02 Å². The Hall–Kier alpha value is -0.860. The summed E-state index contributed by atoms with van der Waals surface area (Å²) in [6.07, 6.45) is 4.64. The third-order valence-corrected chi connectivity index (χ3v) is 4.33. The highest BCUT2D eigenvalue weighted by molar-refractivity contribution is 6.31. The zero-order chi connectivity index (χ0) is 13.0.